The van der Waals surface area contributed by atoms with E-state index in [4.69, 9.17) is 4.74 Å². The van der Waals surface area contributed by atoms with Crippen LogP contribution >= 0.6 is 23.1 Å². The number of aromatic nitrogens is 1. The van der Waals surface area contributed by atoms with Crippen LogP contribution in [0.25, 0.3) is 10.2 Å². The van der Waals surface area contributed by atoms with E-state index in [2.05, 4.69) is 10.3 Å². The molecule has 0 aliphatic carbocycles. The minimum atomic E-state index is -0.206. The minimum Gasteiger partial charge on any atom is -0.494 e. The van der Waals surface area contributed by atoms with Crippen molar-refractivity contribution in [3.8, 4) is 5.75 Å². The van der Waals surface area contributed by atoms with Crippen LogP contribution in [0.5, 0.6) is 5.75 Å². The van der Waals surface area contributed by atoms with Crippen LogP contribution in [0.15, 0.2) is 47.4 Å². The molecule has 1 aliphatic heterocycles. The van der Waals surface area contributed by atoms with Crippen LogP contribution in [0.2, 0.25) is 0 Å². The monoisotopic (exact) mass is 427 g/mol. The van der Waals surface area contributed by atoms with E-state index in [0.29, 0.717) is 18.3 Å². The zero-order chi connectivity index (χ0) is 20.2. The topological polar surface area (TPSA) is 71.5 Å². The lowest BCUT2D eigenvalue weighted by molar-refractivity contribution is -0.122. The molecule has 4 rings (SSSR count). The number of amides is 2. The second-order valence-electron chi connectivity index (χ2n) is 6.49. The van der Waals surface area contributed by atoms with Crippen LogP contribution in [-0.2, 0) is 9.59 Å². The van der Waals surface area contributed by atoms with Gasteiger partial charge in [0.05, 0.1) is 22.5 Å². The maximum absolute atomic E-state index is 12.7. The molecule has 2 amide bonds. The molecular formula is C21H21N3O3S2. The second-order valence-corrected chi connectivity index (χ2v) is 8.66. The van der Waals surface area contributed by atoms with Gasteiger partial charge in [-0.2, -0.15) is 0 Å². The van der Waals surface area contributed by atoms with Crippen molar-refractivity contribution in [1.82, 2.24) is 4.98 Å². The van der Waals surface area contributed by atoms with Gasteiger partial charge in [0.2, 0.25) is 11.8 Å². The molecule has 0 saturated carbocycles. The van der Waals surface area contributed by atoms with Gasteiger partial charge in [-0.05, 0) is 37.3 Å². The molecular weight excluding hydrogens is 406 g/mol. The highest BCUT2D eigenvalue weighted by Crippen LogP contribution is 2.34. The number of hydrogen-bond acceptors (Lipinski definition) is 6. The summed E-state index contributed by atoms with van der Waals surface area (Å²) in [6.07, 6.45) is 0.301. The molecule has 0 saturated heterocycles. The first-order valence-corrected chi connectivity index (χ1v) is 11.3. The fraction of sp³-hybridized carbons (Fsp3) is 0.286. The highest BCUT2D eigenvalue weighted by molar-refractivity contribution is 7.99. The Bertz CT molecular complexity index is 1050. The molecule has 1 aliphatic rings. The van der Waals surface area contributed by atoms with Crippen molar-refractivity contribution >= 4 is 55.9 Å². The van der Waals surface area contributed by atoms with E-state index in [-0.39, 0.29) is 24.7 Å². The van der Waals surface area contributed by atoms with E-state index < -0.39 is 0 Å². The highest BCUT2D eigenvalue weighted by Gasteiger charge is 2.23. The average Bonchev–Trinajstić information content (AvgIpc) is 3.13. The van der Waals surface area contributed by atoms with Gasteiger partial charge in [0, 0.05) is 30.0 Å². The van der Waals surface area contributed by atoms with E-state index in [0.717, 1.165) is 32.3 Å². The highest BCUT2D eigenvalue weighted by atomic mass is 32.2. The molecule has 0 unspecified atom stereocenters. The van der Waals surface area contributed by atoms with E-state index in [1.54, 1.807) is 16.7 Å². The molecule has 0 spiro atoms. The van der Waals surface area contributed by atoms with E-state index in [9.17, 15) is 9.59 Å². The van der Waals surface area contributed by atoms with E-state index in [1.807, 2.05) is 49.4 Å². The predicted octanol–water partition coefficient (Wildman–Crippen LogP) is 4.55. The van der Waals surface area contributed by atoms with Gasteiger partial charge in [-0.25, -0.2) is 4.98 Å². The van der Waals surface area contributed by atoms with Crippen molar-refractivity contribution < 1.29 is 14.3 Å². The third-order valence-corrected chi connectivity index (χ3v) is 6.49. The molecule has 0 bridgehead atoms. The number of para-hydroxylation sites is 1. The van der Waals surface area contributed by atoms with E-state index in [1.165, 1.54) is 11.3 Å². The molecule has 0 radical (unpaired) electrons. The Morgan fingerprint density at radius 1 is 1.21 bits per heavy atom. The molecule has 2 heterocycles. The lowest BCUT2D eigenvalue weighted by Crippen LogP contribution is -2.35. The molecule has 1 aromatic heterocycles. The number of benzene rings is 2. The summed E-state index contributed by atoms with van der Waals surface area (Å²) in [7, 11) is 0. The number of ether oxygens (including phenoxy) is 1. The van der Waals surface area contributed by atoms with Crippen molar-refractivity contribution in [3.63, 3.8) is 0 Å². The molecule has 0 fully saturated rings. The Labute approximate surface area is 177 Å². The number of rotatable bonds is 6. The first-order chi connectivity index (χ1) is 14.1. The summed E-state index contributed by atoms with van der Waals surface area (Å²) in [4.78, 5) is 32.3. The number of carbonyl (C=O) groups is 2. The van der Waals surface area contributed by atoms with Gasteiger partial charge >= 0.3 is 0 Å². The van der Waals surface area contributed by atoms with Crippen molar-refractivity contribution in [2.24, 2.45) is 0 Å². The van der Waals surface area contributed by atoms with Gasteiger partial charge in [-0.1, -0.05) is 23.5 Å². The Balaban J connectivity index is 1.36. The standard InChI is InChI=1S/C21H21N3O3S2/c1-2-27-14-7-8-15-18(13-14)29-21(22-15)23-19(25)9-10-20(26)24-11-12-28-17-6-4-3-5-16(17)24/h3-8,13H,2,9-12H2,1H3,(H,22,23,25). The maximum Gasteiger partial charge on any atom is 0.227 e. The van der Waals surface area contributed by atoms with Gasteiger partial charge in [0.25, 0.3) is 0 Å². The van der Waals surface area contributed by atoms with Crippen LogP contribution in [0.1, 0.15) is 19.8 Å². The number of thioether (sulfide) groups is 1. The fourth-order valence-electron chi connectivity index (χ4n) is 3.18. The van der Waals surface area contributed by atoms with Crippen molar-refractivity contribution in [3.05, 3.63) is 42.5 Å². The number of nitrogens with one attached hydrogen (secondary N) is 1. The first-order valence-electron chi connectivity index (χ1n) is 9.49. The molecule has 6 nitrogen and oxygen atoms in total. The number of anilines is 2. The summed E-state index contributed by atoms with van der Waals surface area (Å²) >= 11 is 3.15. The van der Waals surface area contributed by atoms with Crippen LogP contribution < -0.4 is 15.0 Å². The molecule has 8 heteroatoms. The lowest BCUT2D eigenvalue weighted by Gasteiger charge is -2.28. The number of nitrogens with zero attached hydrogens (tertiary/aromatic N) is 2. The van der Waals surface area contributed by atoms with Crippen molar-refractivity contribution in [2.45, 2.75) is 24.7 Å². The third kappa shape index (κ3) is 4.54. The largest absolute Gasteiger partial charge is 0.494 e. The zero-order valence-electron chi connectivity index (χ0n) is 16.0. The second kappa shape index (κ2) is 8.84. The predicted molar refractivity (Wildman–Crippen MR) is 118 cm³/mol. The maximum atomic E-state index is 12.7. The summed E-state index contributed by atoms with van der Waals surface area (Å²) in [5, 5.41) is 3.35. The number of fused-ring (bicyclic) bond motifs is 2. The van der Waals surface area contributed by atoms with Crippen LogP contribution in [0.3, 0.4) is 0 Å². The molecule has 2 aromatic carbocycles. The zero-order valence-corrected chi connectivity index (χ0v) is 17.6. The quantitative estimate of drug-likeness (QED) is 0.625. The Morgan fingerprint density at radius 2 is 2.07 bits per heavy atom. The van der Waals surface area contributed by atoms with Crippen LogP contribution in [0, 0.1) is 0 Å². The SMILES string of the molecule is CCOc1ccc2nc(NC(=O)CCC(=O)N3CCSc4ccccc43)sc2c1. The minimum absolute atomic E-state index is 0.0291. The van der Waals surface area contributed by atoms with Gasteiger partial charge < -0.3 is 15.0 Å². The van der Waals surface area contributed by atoms with Crippen molar-refractivity contribution in [1.29, 1.82) is 0 Å². The number of carbonyl (C=O) groups excluding carboxylic acids is 2. The Hall–Kier alpha value is -2.58. The van der Waals surface area contributed by atoms with Crippen LogP contribution in [0.4, 0.5) is 10.8 Å². The van der Waals surface area contributed by atoms with E-state index >= 15 is 0 Å². The van der Waals surface area contributed by atoms with Gasteiger partial charge in [0.1, 0.15) is 5.75 Å². The number of hydrogen-bond donors (Lipinski definition) is 1. The molecule has 3 aromatic rings. The average molecular weight is 428 g/mol. The summed E-state index contributed by atoms with van der Waals surface area (Å²) in [5.41, 5.74) is 1.75. The Kier molecular flexibility index (Phi) is 6.01. The normalized spacial score (nSPS) is 13.2. The summed E-state index contributed by atoms with van der Waals surface area (Å²) in [5.74, 6) is 1.41. The van der Waals surface area contributed by atoms with Crippen LogP contribution in [-0.4, -0.2) is 35.7 Å². The van der Waals surface area contributed by atoms with Gasteiger partial charge in [0.15, 0.2) is 5.13 Å². The molecule has 29 heavy (non-hydrogen) atoms. The fourth-order valence-corrected chi connectivity index (χ4v) is 5.09. The van der Waals surface area contributed by atoms with Crippen molar-refractivity contribution in [2.75, 3.05) is 29.1 Å². The van der Waals surface area contributed by atoms with Gasteiger partial charge in [-0.15, -0.1) is 11.8 Å². The number of thiazole rings is 1. The molecule has 150 valence electrons. The summed E-state index contributed by atoms with van der Waals surface area (Å²) in [6.45, 7) is 3.20. The third-order valence-electron chi connectivity index (χ3n) is 4.51. The summed E-state index contributed by atoms with van der Waals surface area (Å²) < 4.78 is 6.45. The lowest BCUT2D eigenvalue weighted by atomic mass is 10.2. The first kappa shape index (κ1) is 19.7. The summed E-state index contributed by atoms with van der Waals surface area (Å²) in [6, 6.07) is 13.5. The molecule has 1 N–H and O–H groups in total. The van der Waals surface area contributed by atoms with Gasteiger partial charge in [-0.3, -0.25) is 9.59 Å². The smallest absolute Gasteiger partial charge is 0.227 e. The Morgan fingerprint density at radius 3 is 2.93 bits per heavy atom. The molecule has 0 atom stereocenters.